The Balaban J connectivity index is 1.38. The Labute approximate surface area is 165 Å². The van der Waals surface area contributed by atoms with Gasteiger partial charge in [-0.1, -0.05) is 59.8 Å². The van der Waals surface area contributed by atoms with E-state index in [-0.39, 0.29) is 5.92 Å². The van der Waals surface area contributed by atoms with Crippen molar-refractivity contribution >= 4 is 11.7 Å². The lowest BCUT2D eigenvalue weighted by molar-refractivity contribution is -0.143. The minimum atomic E-state index is -0.694. The van der Waals surface area contributed by atoms with E-state index < -0.39 is 5.97 Å². The van der Waals surface area contributed by atoms with Crippen LogP contribution < -0.4 is 0 Å². The highest BCUT2D eigenvalue weighted by Gasteiger charge is 2.29. The van der Waals surface area contributed by atoms with E-state index in [4.69, 9.17) is 4.84 Å². The number of hydrogen-bond donors (Lipinski definition) is 1. The topological polar surface area (TPSA) is 62.1 Å². The summed E-state index contributed by atoms with van der Waals surface area (Å²) in [7, 11) is 0. The monoisotopic (exact) mass is 378 g/mol. The zero-order valence-corrected chi connectivity index (χ0v) is 16.0. The summed E-state index contributed by atoms with van der Waals surface area (Å²) in [6.07, 6.45) is 2.54. The minimum absolute atomic E-state index is 0.256. The van der Waals surface area contributed by atoms with Crippen LogP contribution in [0.15, 0.2) is 59.8 Å². The van der Waals surface area contributed by atoms with Crippen LogP contribution in [-0.4, -0.2) is 47.9 Å². The van der Waals surface area contributed by atoms with Gasteiger partial charge in [0.1, 0.15) is 6.61 Å². The molecule has 0 spiro atoms. The van der Waals surface area contributed by atoms with Gasteiger partial charge in [-0.2, -0.15) is 0 Å². The molecule has 4 rings (SSSR count). The molecule has 5 nitrogen and oxygen atoms in total. The Kier molecular flexibility index (Phi) is 5.72. The quantitative estimate of drug-likeness (QED) is 0.614. The number of carboxylic acids is 1. The van der Waals surface area contributed by atoms with E-state index >= 15 is 0 Å². The molecule has 1 aliphatic carbocycles. The van der Waals surface area contributed by atoms with Crippen molar-refractivity contribution in [3.63, 3.8) is 0 Å². The molecule has 28 heavy (non-hydrogen) atoms. The van der Waals surface area contributed by atoms with Crippen LogP contribution in [0.1, 0.15) is 41.9 Å². The molecule has 0 bridgehead atoms. The van der Waals surface area contributed by atoms with Crippen molar-refractivity contribution in [2.24, 2.45) is 11.1 Å². The van der Waals surface area contributed by atoms with Crippen LogP contribution in [0.2, 0.25) is 0 Å². The standard InChI is InChI=1S/C23H26N2O3/c26-23(27)18-9-6-12-25(16-18)13-14-28-24-22-15-21(17-7-2-1-3-8-17)19-10-4-5-11-20(19)22/h1-5,7-8,10-11,18,21H,6,9,12-16H2,(H,26,27). The van der Waals surface area contributed by atoms with E-state index in [1.54, 1.807) is 0 Å². The molecule has 0 radical (unpaired) electrons. The second-order valence-electron chi connectivity index (χ2n) is 7.60. The van der Waals surface area contributed by atoms with Gasteiger partial charge in [-0.3, -0.25) is 9.69 Å². The third-order valence-electron chi connectivity index (χ3n) is 5.77. The average Bonchev–Trinajstić information content (AvgIpc) is 3.11. The zero-order valence-electron chi connectivity index (χ0n) is 16.0. The van der Waals surface area contributed by atoms with E-state index in [1.165, 1.54) is 16.7 Å². The maximum atomic E-state index is 11.2. The van der Waals surface area contributed by atoms with Crippen molar-refractivity contribution in [1.29, 1.82) is 0 Å². The number of piperidine rings is 1. The first-order valence-electron chi connectivity index (χ1n) is 10.0. The summed E-state index contributed by atoms with van der Waals surface area (Å²) < 4.78 is 0. The van der Waals surface area contributed by atoms with Crippen molar-refractivity contribution in [3.8, 4) is 0 Å². The highest BCUT2D eigenvalue weighted by Crippen LogP contribution is 2.38. The number of carboxylic acid groups (broad SMARTS) is 1. The number of aliphatic carboxylic acids is 1. The van der Waals surface area contributed by atoms with Crippen LogP contribution in [0, 0.1) is 5.92 Å². The van der Waals surface area contributed by atoms with Crippen LogP contribution in [-0.2, 0) is 9.63 Å². The molecule has 1 saturated heterocycles. The van der Waals surface area contributed by atoms with Crippen LogP contribution in [0.4, 0.5) is 0 Å². The van der Waals surface area contributed by atoms with Gasteiger partial charge < -0.3 is 9.94 Å². The lowest BCUT2D eigenvalue weighted by Gasteiger charge is -2.29. The molecule has 2 aromatic carbocycles. The summed E-state index contributed by atoms with van der Waals surface area (Å²) in [5.41, 5.74) is 4.76. The smallest absolute Gasteiger partial charge is 0.307 e. The predicted octanol–water partition coefficient (Wildman–Crippen LogP) is 3.74. The van der Waals surface area contributed by atoms with E-state index in [0.717, 1.165) is 31.5 Å². The summed E-state index contributed by atoms with van der Waals surface area (Å²) in [6.45, 7) is 2.73. The predicted molar refractivity (Wildman–Crippen MR) is 109 cm³/mol. The molecule has 0 amide bonds. The molecule has 2 unspecified atom stereocenters. The number of hydrogen-bond acceptors (Lipinski definition) is 4. The summed E-state index contributed by atoms with van der Waals surface area (Å²) in [6, 6.07) is 18.9. The molecule has 1 N–H and O–H groups in total. The molecule has 146 valence electrons. The van der Waals surface area contributed by atoms with Crippen LogP contribution in [0.5, 0.6) is 0 Å². The van der Waals surface area contributed by atoms with Gasteiger partial charge in [0.2, 0.25) is 0 Å². The van der Waals surface area contributed by atoms with Crippen LogP contribution >= 0.6 is 0 Å². The largest absolute Gasteiger partial charge is 0.481 e. The van der Waals surface area contributed by atoms with E-state index in [9.17, 15) is 9.90 Å². The fraction of sp³-hybridized carbons (Fsp3) is 0.391. The Morgan fingerprint density at radius 1 is 1.14 bits per heavy atom. The van der Waals surface area contributed by atoms with Crippen molar-refractivity contribution in [2.45, 2.75) is 25.2 Å². The Morgan fingerprint density at radius 2 is 1.93 bits per heavy atom. The maximum absolute atomic E-state index is 11.2. The number of rotatable bonds is 6. The summed E-state index contributed by atoms with van der Waals surface area (Å²) >= 11 is 0. The van der Waals surface area contributed by atoms with Crippen molar-refractivity contribution in [1.82, 2.24) is 4.90 Å². The summed E-state index contributed by atoms with van der Waals surface area (Å²) in [4.78, 5) is 19.0. The van der Waals surface area contributed by atoms with Gasteiger partial charge in [-0.25, -0.2) is 0 Å². The molecule has 2 aliphatic rings. The number of carbonyl (C=O) groups is 1. The van der Waals surface area contributed by atoms with Gasteiger partial charge in [-0.15, -0.1) is 0 Å². The van der Waals surface area contributed by atoms with Crippen LogP contribution in [0.25, 0.3) is 0 Å². The lowest BCUT2D eigenvalue weighted by atomic mass is 9.93. The van der Waals surface area contributed by atoms with Gasteiger partial charge in [0.05, 0.1) is 11.6 Å². The normalized spacial score (nSPS) is 23.5. The molecular weight excluding hydrogens is 352 g/mol. The Hall–Kier alpha value is -2.66. The second-order valence-corrected chi connectivity index (χ2v) is 7.60. The highest BCUT2D eigenvalue weighted by molar-refractivity contribution is 6.05. The van der Waals surface area contributed by atoms with Crippen molar-refractivity contribution < 1.29 is 14.7 Å². The first-order chi connectivity index (χ1) is 13.7. The molecule has 2 atom stereocenters. The van der Waals surface area contributed by atoms with Gasteiger partial charge in [-0.05, 0) is 30.5 Å². The highest BCUT2D eigenvalue weighted by atomic mass is 16.6. The molecule has 0 saturated carbocycles. The van der Waals surface area contributed by atoms with E-state index in [1.807, 2.05) is 12.1 Å². The van der Waals surface area contributed by atoms with Gasteiger partial charge in [0, 0.05) is 31.0 Å². The van der Waals surface area contributed by atoms with E-state index in [0.29, 0.717) is 25.6 Å². The first kappa shape index (κ1) is 18.7. The molecule has 1 fully saturated rings. The van der Waals surface area contributed by atoms with E-state index in [2.05, 4.69) is 52.5 Å². The Morgan fingerprint density at radius 3 is 2.75 bits per heavy atom. The molecule has 1 aliphatic heterocycles. The molecule has 2 aromatic rings. The Bertz CT molecular complexity index is 850. The summed E-state index contributed by atoms with van der Waals surface area (Å²) in [5.74, 6) is -0.632. The number of nitrogens with zero attached hydrogens (tertiary/aromatic N) is 2. The van der Waals surface area contributed by atoms with Gasteiger partial charge in [0.25, 0.3) is 0 Å². The number of fused-ring (bicyclic) bond motifs is 1. The minimum Gasteiger partial charge on any atom is -0.481 e. The average molecular weight is 378 g/mol. The number of benzene rings is 2. The van der Waals surface area contributed by atoms with Gasteiger partial charge >= 0.3 is 5.97 Å². The molecule has 5 heteroatoms. The maximum Gasteiger partial charge on any atom is 0.307 e. The summed E-state index contributed by atoms with van der Waals surface area (Å²) in [5, 5.41) is 13.7. The van der Waals surface area contributed by atoms with Crippen LogP contribution in [0.3, 0.4) is 0 Å². The second kappa shape index (κ2) is 8.57. The van der Waals surface area contributed by atoms with Crippen molar-refractivity contribution in [2.75, 3.05) is 26.2 Å². The van der Waals surface area contributed by atoms with Gasteiger partial charge in [0.15, 0.2) is 0 Å². The zero-order chi connectivity index (χ0) is 19.3. The number of oxime groups is 1. The molecular formula is C23H26N2O3. The third-order valence-corrected chi connectivity index (χ3v) is 5.77. The molecule has 1 heterocycles. The molecule has 0 aromatic heterocycles. The fourth-order valence-corrected chi connectivity index (χ4v) is 4.30. The lowest BCUT2D eigenvalue weighted by Crippen LogP contribution is -2.40. The van der Waals surface area contributed by atoms with Crippen molar-refractivity contribution in [3.05, 3.63) is 71.3 Å². The number of likely N-dealkylation sites (tertiary alicyclic amines) is 1. The first-order valence-corrected chi connectivity index (χ1v) is 10.0. The fourth-order valence-electron chi connectivity index (χ4n) is 4.30. The third kappa shape index (κ3) is 4.09. The SMILES string of the molecule is O=C(O)C1CCCN(CCON=C2CC(c3ccccc3)c3ccccc32)C1.